The van der Waals surface area contributed by atoms with Crippen LogP contribution in [0.4, 0.5) is 0 Å². The van der Waals surface area contributed by atoms with Gasteiger partial charge in [0.2, 0.25) is 0 Å². The van der Waals surface area contributed by atoms with E-state index in [1.807, 2.05) is 24.3 Å². The molecule has 1 unspecified atom stereocenters. The van der Waals surface area contributed by atoms with Crippen LogP contribution in [0.5, 0.6) is 0 Å². The van der Waals surface area contributed by atoms with E-state index in [0.29, 0.717) is 6.54 Å². The van der Waals surface area contributed by atoms with Gasteiger partial charge < -0.3 is 19.6 Å². The first-order chi connectivity index (χ1) is 12.3. The lowest BCUT2D eigenvalue weighted by atomic mass is 10.2. The summed E-state index contributed by atoms with van der Waals surface area (Å²) in [6, 6.07) is 8.21. The second-order valence-corrected chi connectivity index (χ2v) is 5.82. The van der Waals surface area contributed by atoms with E-state index in [-0.39, 0.29) is 30.0 Å². The van der Waals surface area contributed by atoms with E-state index in [0.717, 1.165) is 44.4 Å². The van der Waals surface area contributed by atoms with Gasteiger partial charge >= 0.3 is 0 Å². The summed E-state index contributed by atoms with van der Waals surface area (Å²) in [5, 5.41) is 6.72. The predicted molar refractivity (Wildman–Crippen MR) is 118 cm³/mol. The fraction of sp³-hybridized carbons (Fsp3) is 0.526. The van der Waals surface area contributed by atoms with Crippen LogP contribution < -0.4 is 10.6 Å². The summed E-state index contributed by atoms with van der Waals surface area (Å²) in [5.74, 6) is 1.81. The number of halogens is 1. The third-order valence-corrected chi connectivity index (χ3v) is 4.22. The van der Waals surface area contributed by atoms with E-state index in [1.165, 1.54) is 0 Å². The molecule has 0 aliphatic carbocycles. The minimum Gasteiger partial charge on any atom is -0.468 e. The van der Waals surface area contributed by atoms with Gasteiger partial charge in [-0.15, -0.1) is 24.0 Å². The number of rotatable bonds is 10. The Balaban J connectivity index is 0.00000338. The van der Waals surface area contributed by atoms with Crippen LogP contribution in [-0.4, -0.2) is 48.2 Å². The van der Waals surface area contributed by atoms with Crippen LogP contribution in [0.2, 0.25) is 0 Å². The first-order valence-corrected chi connectivity index (χ1v) is 9.18. The van der Waals surface area contributed by atoms with E-state index >= 15 is 0 Å². The quantitative estimate of drug-likeness (QED) is 0.316. The van der Waals surface area contributed by atoms with Gasteiger partial charge in [-0.25, -0.2) is 0 Å². The molecule has 0 radical (unpaired) electrons. The van der Waals surface area contributed by atoms with Gasteiger partial charge in [-0.05, 0) is 44.3 Å². The molecule has 6 nitrogen and oxygen atoms in total. The summed E-state index contributed by atoms with van der Waals surface area (Å²) in [5.41, 5.74) is 0. The molecule has 2 aromatic heterocycles. The van der Waals surface area contributed by atoms with Crippen molar-refractivity contribution in [2.75, 3.05) is 32.7 Å². The lowest BCUT2D eigenvalue weighted by molar-refractivity contribution is 0.198. The molecule has 1 atom stereocenters. The molecular formula is C19H32IN5O. The zero-order chi connectivity index (χ0) is 17.9. The standard InChI is InChI=1S/C19H31N5O.HI/c1-4-20-19(21-11-14-23-12-7-8-13-23)22-16-17(24(5-2)6-3)18-10-9-15-25-18;/h7-10,12-13,15,17H,4-6,11,14,16H2,1-3H3,(H2,20,21,22);1H. The van der Waals surface area contributed by atoms with Gasteiger partial charge in [-0.3, -0.25) is 9.89 Å². The van der Waals surface area contributed by atoms with Crippen LogP contribution in [0.15, 0.2) is 52.3 Å². The number of nitrogens with one attached hydrogen (secondary N) is 2. The molecule has 2 N–H and O–H groups in total. The maximum Gasteiger partial charge on any atom is 0.191 e. The Labute approximate surface area is 174 Å². The third kappa shape index (κ3) is 7.03. The summed E-state index contributed by atoms with van der Waals surface area (Å²) in [6.07, 6.45) is 5.87. The van der Waals surface area contributed by atoms with Gasteiger partial charge in [0.05, 0.1) is 18.8 Å². The average molecular weight is 473 g/mol. The first kappa shape index (κ1) is 22.6. The second kappa shape index (κ2) is 12.8. The van der Waals surface area contributed by atoms with Crippen molar-refractivity contribution in [3.05, 3.63) is 48.7 Å². The predicted octanol–water partition coefficient (Wildman–Crippen LogP) is 3.34. The molecular weight excluding hydrogens is 441 g/mol. The van der Waals surface area contributed by atoms with E-state index in [1.54, 1.807) is 6.26 Å². The highest BCUT2D eigenvalue weighted by Gasteiger charge is 2.20. The van der Waals surface area contributed by atoms with Crippen molar-refractivity contribution in [3.8, 4) is 0 Å². The monoisotopic (exact) mass is 473 g/mol. The van der Waals surface area contributed by atoms with Crippen molar-refractivity contribution in [2.45, 2.75) is 33.4 Å². The molecule has 7 heteroatoms. The Hall–Kier alpha value is -1.48. The zero-order valence-electron chi connectivity index (χ0n) is 16.0. The van der Waals surface area contributed by atoms with Crippen molar-refractivity contribution in [3.63, 3.8) is 0 Å². The topological polar surface area (TPSA) is 57.7 Å². The smallest absolute Gasteiger partial charge is 0.191 e. The zero-order valence-corrected chi connectivity index (χ0v) is 18.3. The van der Waals surface area contributed by atoms with Crippen LogP contribution in [-0.2, 0) is 6.54 Å². The molecule has 2 aromatic rings. The first-order valence-electron chi connectivity index (χ1n) is 9.18. The average Bonchev–Trinajstić information content (AvgIpc) is 3.32. The lowest BCUT2D eigenvalue weighted by Gasteiger charge is -2.27. The van der Waals surface area contributed by atoms with Gasteiger partial charge in [0.25, 0.3) is 0 Å². The molecule has 0 spiro atoms. The maximum atomic E-state index is 5.65. The van der Waals surface area contributed by atoms with E-state index in [2.05, 4.69) is 53.3 Å². The SMILES string of the molecule is CCNC(=NCC(c1ccco1)N(CC)CC)NCCn1cccc1.I. The Morgan fingerprint density at radius 2 is 1.88 bits per heavy atom. The van der Waals surface area contributed by atoms with Gasteiger partial charge in [0.15, 0.2) is 5.96 Å². The van der Waals surface area contributed by atoms with Crippen molar-refractivity contribution in [1.82, 2.24) is 20.1 Å². The van der Waals surface area contributed by atoms with Crippen LogP contribution >= 0.6 is 24.0 Å². The minimum absolute atomic E-state index is 0. The van der Waals surface area contributed by atoms with Crippen molar-refractivity contribution >= 4 is 29.9 Å². The fourth-order valence-electron chi connectivity index (χ4n) is 2.87. The van der Waals surface area contributed by atoms with Gasteiger partial charge in [0, 0.05) is 32.0 Å². The van der Waals surface area contributed by atoms with E-state index in [4.69, 9.17) is 9.41 Å². The van der Waals surface area contributed by atoms with Crippen molar-refractivity contribution < 1.29 is 4.42 Å². The minimum atomic E-state index is 0. The number of guanidine groups is 1. The maximum absolute atomic E-state index is 5.65. The van der Waals surface area contributed by atoms with Crippen LogP contribution in [0.1, 0.15) is 32.6 Å². The summed E-state index contributed by atoms with van der Waals surface area (Å²) in [6.45, 7) is 11.6. The largest absolute Gasteiger partial charge is 0.468 e. The number of likely N-dealkylation sites (N-methyl/N-ethyl adjacent to an activating group) is 1. The Morgan fingerprint density at radius 1 is 1.15 bits per heavy atom. The molecule has 0 saturated heterocycles. The molecule has 0 amide bonds. The molecule has 0 aliphatic rings. The molecule has 146 valence electrons. The van der Waals surface area contributed by atoms with Gasteiger partial charge in [-0.1, -0.05) is 13.8 Å². The number of hydrogen-bond acceptors (Lipinski definition) is 3. The van der Waals surface area contributed by atoms with Crippen LogP contribution in [0, 0.1) is 0 Å². The van der Waals surface area contributed by atoms with Crippen molar-refractivity contribution in [1.29, 1.82) is 0 Å². The molecule has 0 fully saturated rings. The number of hydrogen-bond donors (Lipinski definition) is 2. The highest BCUT2D eigenvalue weighted by Crippen LogP contribution is 2.21. The Kier molecular flexibility index (Phi) is 11.1. The number of furan rings is 1. The summed E-state index contributed by atoms with van der Waals surface area (Å²) < 4.78 is 7.80. The summed E-state index contributed by atoms with van der Waals surface area (Å²) in [4.78, 5) is 7.16. The summed E-state index contributed by atoms with van der Waals surface area (Å²) >= 11 is 0. The van der Waals surface area contributed by atoms with Crippen LogP contribution in [0.25, 0.3) is 0 Å². The number of aromatic nitrogens is 1. The number of nitrogens with zero attached hydrogens (tertiary/aromatic N) is 3. The third-order valence-electron chi connectivity index (χ3n) is 4.22. The van der Waals surface area contributed by atoms with Gasteiger partial charge in [-0.2, -0.15) is 0 Å². The molecule has 0 aliphatic heterocycles. The second-order valence-electron chi connectivity index (χ2n) is 5.82. The highest BCUT2D eigenvalue weighted by molar-refractivity contribution is 14.0. The Bertz CT molecular complexity index is 593. The normalized spacial score (nSPS) is 12.7. The lowest BCUT2D eigenvalue weighted by Crippen LogP contribution is -2.40. The molecule has 2 rings (SSSR count). The molecule has 0 aromatic carbocycles. The van der Waals surface area contributed by atoms with E-state index < -0.39 is 0 Å². The van der Waals surface area contributed by atoms with Crippen LogP contribution in [0.3, 0.4) is 0 Å². The molecule has 26 heavy (non-hydrogen) atoms. The van der Waals surface area contributed by atoms with E-state index in [9.17, 15) is 0 Å². The van der Waals surface area contributed by atoms with Crippen molar-refractivity contribution in [2.24, 2.45) is 4.99 Å². The molecule has 0 saturated carbocycles. The summed E-state index contributed by atoms with van der Waals surface area (Å²) in [7, 11) is 0. The number of aliphatic imine (C=N–C) groups is 1. The van der Waals surface area contributed by atoms with Gasteiger partial charge in [0.1, 0.15) is 5.76 Å². The highest BCUT2D eigenvalue weighted by atomic mass is 127. The Morgan fingerprint density at radius 3 is 2.46 bits per heavy atom. The molecule has 2 heterocycles. The molecule has 0 bridgehead atoms. The fourth-order valence-corrected chi connectivity index (χ4v) is 2.87.